The molecule has 0 rings (SSSR count). The molecule has 4 unspecified atom stereocenters. The molecule has 0 fully saturated rings. The predicted octanol–water partition coefficient (Wildman–Crippen LogP) is -2.87. The van der Waals surface area contributed by atoms with Gasteiger partial charge in [-0.3, -0.25) is 4.90 Å². The van der Waals surface area contributed by atoms with Gasteiger partial charge in [-0.15, -0.1) is 0 Å². The van der Waals surface area contributed by atoms with Gasteiger partial charge >= 0.3 is 0 Å². The van der Waals surface area contributed by atoms with Crippen LogP contribution < -0.4 is 0 Å². The van der Waals surface area contributed by atoms with Crippen molar-refractivity contribution in [2.45, 2.75) is 44.3 Å². The number of aliphatic hydroxyl groups excluding tert-OH is 6. The SMILES string of the molecule is CC(C)N(CCO)CC(O)C(O)C(O)C(O)CO. The summed E-state index contributed by atoms with van der Waals surface area (Å²) in [5, 5.41) is 55.5. The second kappa shape index (κ2) is 8.76. The van der Waals surface area contributed by atoms with E-state index in [0.717, 1.165) is 0 Å². The standard InChI is InChI=1S/C11H25NO6/c1-7(2)12(3-4-13)5-8(15)10(17)11(18)9(16)6-14/h7-11,13-18H,3-6H2,1-2H3. The average molecular weight is 267 g/mol. The summed E-state index contributed by atoms with van der Waals surface area (Å²) in [4.78, 5) is 1.73. The Hall–Kier alpha value is -0.280. The molecule has 0 radical (unpaired) electrons. The maximum atomic E-state index is 9.75. The molecule has 110 valence electrons. The molecule has 0 heterocycles. The van der Waals surface area contributed by atoms with Crippen LogP contribution in [0.25, 0.3) is 0 Å². The molecule has 0 spiro atoms. The van der Waals surface area contributed by atoms with Crippen LogP contribution in [-0.4, -0.2) is 92.3 Å². The van der Waals surface area contributed by atoms with E-state index in [1.807, 2.05) is 13.8 Å². The maximum Gasteiger partial charge on any atom is 0.111 e. The van der Waals surface area contributed by atoms with Gasteiger partial charge < -0.3 is 30.6 Å². The van der Waals surface area contributed by atoms with Crippen molar-refractivity contribution in [3.63, 3.8) is 0 Å². The average Bonchev–Trinajstić information content (AvgIpc) is 2.34. The fraction of sp³-hybridized carbons (Fsp3) is 1.00. The Bertz CT molecular complexity index is 216. The Kier molecular flexibility index (Phi) is 8.62. The van der Waals surface area contributed by atoms with Gasteiger partial charge in [0.15, 0.2) is 0 Å². The zero-order valence-corrected chi connectivity index (χ0v) is 10.8. The van der Waals surface area contributed by atoms with Gasteiger partial charge in [-0.05, 0) is 13.8 Å². The van der Waals surface area contributed by atoms with Crippen LogP contribution in [0.3, 0.4) is 0 Å². The minimum absolute atomic E-state index is 0.0502. The van der Waals surface area contributed by atoms with Crippen molar-refractivity contribution in [3.8, 4) is 0 Å². The molecule has 0 aliphatic carbocycles. The van der Waals surface area contributed by atoms with Crippen LogP contribution in [0, 0.1) is 0 Å². The van der Waals surface area contributed by atoms with Crippen molar-refractivity contribution in [2.75, 3.05) is 26.3 Å². The zero-order chi connectivity index (χ0) is 14.3. The van der Waals surface area contributed by atoms with Crippen LogP contribution in [0.4, 0.5) is 0 Å². The molecule has 0 aromatic carbocycles. The van der Waals surface area contributed by atoms with E-state index in [9.17, 15) is 15.3 Å². The summed E-state index contributed by atoms with van der Waals surface area (Å²) in [5.41, 5.74) is 0. The van der Waals surface area contributed by atoms with E-state index in [0.29, 0.717) is 6.54 Å². The quantitative estimate of drug-likeness (QED) is 0.265. The Morgan fingerprint density at radius 1 is 0.889 bits per heavy atom. The van der Waals surface area contributed by atoms with Crippen LogP contribution >= 0.6 is 0 Å². The Morgan fingerprint density at radius 2 is 1.39 bits per heavy atom. The van der Waals surface area contributed by atoms with Gasteiger partial charge in [-0.2, -0.15) is 0 Å². The lowest BCUT2D eigenvalue weighted by Crippen LogP contribution is -2.51. The first-order valence-corrected chi connectivity index (χ1v) is 6.03. The lowest BCUT2D eigenvalue weighted by atomic mass is 10.0. The van der Waals surface area contributed by atoms with Crippen molar-refractivity contribution in [1.29, 1.82) is 0 Å². The Labute approximate surface area is 107 Å². The maximum absolute atomic E-state index is 9.75. The third kappa shape index (κ3) is 5.57. The normalized spacial score (nSPS) is 19.0. The van der Waals surface area contributed by atoms with Crippen molar-refractivity contribution in [3.05, 3.63) is 0 Å². The van der Waals surface area contributed by atoms with E-state index in [2.05, 4.69) is 0 Å². The summed E-state index contributed by atoms with van der Waals surface area (Å²) in [6.45, 7) is 3.34. The van der Waals surface area contributed by atoms with E-state index in [4.69, 9.17) is 15.3 Å². The molecular weight excluding hydrogens is 242 g/mol. The third-order valence-electron chi connectivity index (χ3n) is 2.86. The number of hydrogen-bond acceptors (Lipinski definition) is 7. The first kappa shape index (κ1) is 17.7. The van der Waals surface area contributed by atoms with Gasteiger partial charge in [0, 0.05) is 19.1 Å². The summed E-state index contributed by atoms with van der Waals surface area (Å²) in [7, 11) is 0. The molecule has 0 saturated carbocycles. The van der Waals surface area contributed by atoms with E-state index >= 15 is 0 Å². The highest BCUT2D eigenvalue weighted by molar-refractivity contribution is 4.83. The first-order valence-electron chi connectivity index (χ1n) is 6.03. The Balaban J connectivity index is 4.39. The molecule has 6 N–H and O–H groups in total. The molecule has 0 aromatic rings. The molecule has 7 heteroatoms. The Morgan fingerprint density at radius 3 is 1.78 bits per heavy atom. The van der Waals surface area contributed by atoms with Crippen LogP contribution in [0.15, 0.2) is 0 Å². The summed E-state index contributed by atoms with van der Waals surface area (Å²) in [6, 6.07) is 0.0545. The molecule has 0 amide bonds. The highest BCUT2D eigenvalue weighted by atomic mass is 16.4. The van der Waals surface area contributed by atoms with Crippen LogP contribution in [-0.2, 0) is 0 Å². The van der Waals surface area contributed by atoms with E-state index in [1.54, 1.807) is 4.90 Å². The van der Waals surface area contributed by atoms with Crippen LogP contribution in [0.2, 0.25) is 0 Å². The molecule has 0 aromatic heterocycles. The van der Waals surface area contributed by atoms with Gasteiger partial charge in [0.25, 0.3) is 0 Å². The van der Waals surface area contributed by atoms with Gasteiger partial charge in [0.1, 0.15) is 18.3 Å². The summed E-state index contributed by atoms with van der Waals surface area (Å²) in [6.07, 6.45) is -5.96. The third-order valence-corrected chi connectivity index (χ3v) is 2.86. The number of nitrogens with zero attached hydrogens (tertiary/aromatic N) is 1. The molecular formula is C11H25NO6. The van der Waals surface area contributed by atoms with E-state index < -0.39 is 31.0 Å². The molecule has 0 saturated heterocycles. The van der Waals surface area contributed by atoms with Gasteiger partial charge in [0.2, 0.25) is 0 Å². The van der Waals surface area contributed by atoms with Crippen molar-refractivity contribution in [2.24, 2.45) is 0 Å². The fourth-order valence-electron chi connectivity index (χ4n) is 1.60. The van der Waals surface area contributed by atoms with Crippen LogP contribution in [0.1, 0.15) is 13.8 Å². The second-order valence-electron chi connectivity index (χ2n) is 4.61. The topological polar surface area (TPSA) is 125 Å². The van der Waals surface area contributed by atoms with Crippen molar-refractivity contribution in [1.82, 2.24) is 4.90 Å². The molecule has 0 aliphatic rings. The number of rotatable bonds is 9. The highest BCUT2D eigenvalue weighted by Gasteiger charge is 2.31. The summed E-state index contributed by atoms with van der Waals surface area (Å²) < 4.78 is 0. The largest absolute Gasteiger partial charge is 0.395 e. The first-order chi connectivity index (χ1) is 8.34. The smallest absolute Gasteiger partial charge is 0.111 e. The predicted molar refractivity (Wildman–Crippen MR) is 64.9 cm³/mol. The molecule has 4 atom stereocenters. The second-order valence-corrected chi connectivity index (χ2v) is 4.61. The number of hydrogen-bond donors (Lipinski definition) is 6. The lowest BCUT2D eigenvalue weighted by molar-refractivity contribution is -0.120. The van der Waals surface area contributed by atoms with Crippen LogP contribution in [0.5, 0.6) is 0 Å². The van der Waals surface area contributed by atoms with Gasteiger partial charge in [-0.25, -0.2) is 0 Å². The highest BCUT2D eigenvalue weighted by Crippen LogP contribution is 2.08. The fourth-order valence-corrected chi connectivity index (χ4v) is 1.60. The summed E-state index contributed by atoms with van der Waals surface area (Å²) >= 11 is 0. The molecule has 7 nitrogen and oxygen atoms in total. The van der Waals surface area contributed by atoms with Crippen molar-refractivity contribution >= 4 is 0 Å². The number of aliphatic hydroxyl groups is 6. The van der Waals surface area contributed by atoms with Gasteiger partial charge in [0.05, 0.1) is 19.3 Å². The van der Waals surface area contributed by atoms with Gasteiger partial charge in [-0.1, -0.05) is 0 Å². The molecule has 0 aliphatic heterocycles. The van der Waals surface area contributed by atoms with E-state index in [-0.39, 0.29) is 19.2 Å². The van der Waals surface area contributed by atoms with Crippen molar-refractivity contribution < 1.29 is 30.6 Å². The molecule has 18 heavy (non-hydrogen) atoms. The molecule has 0 bridgehead atoms. The minimum atomic E-state index is -1.62. The zero-order valence-electron chi connectivity index (χ0n) is 10.8. The minimum Gasteiger partial charge on any atom is -0.395 e. The lowest BCUT2D eigenvalue weighted by Gasteiger charge is -2.32. The monoisotopic (exact) mass is 267 g/mol. The summed E-state index contributed by atoms with van der Waals surface area (Å²) in [5.74, 6) is 0. The van der Waals surface area contributed by atoms with E-state index in [1.165, 1.54) is 0 Å².